The third kappa shape index (κ3) is 1.65. The molecule has 0 saturated carbocycles. The van der Waals surface area contributed by atoms with Crippen LogP contribution < -0.4 is 5.43 Å². The van der Waals surface area contributed by atoms with E-state index in [0.29, 0.717) is 17.3 Å². The number of pyridine rings is 1. The molecule has 1 aromatic heterocycles. The number of H-pyrrole nitrogens is 1. The van der Waals surface area contributed by atoms with Gasteiger partial charge in [0.05, 0.1) is 5.52 Å². The summed E-state index contributed by atoms with van der Waals surface area (Å²) < 4.78 is 13.6. The molecular formula is C12H12FNO. The number of nitrogens with one attached hydrogen (secondary N) is 1. The molecule has 2 aromatic rings. The second-order valence-corrected chi connectivity index (χ2v) is 3.68. The summed E-state index contributed by atoms with van der Waals surface area (Å²) in [5.74, 6) is -0.364. The third-order valence-corrected chi connectivity index (χ3v) is 2.47. The van der Waals surface area contributed by atoms with Gasteiger partial charge in [-0.1, -0.05) is 6.92 Å². The number of aryl methyl sites for hydroxylation is 2. The SMILES string of the molecule is CCc1cc(=O)c2cc(C)cc(F)c2[nH]1. The lowest BCUT2D eigenvalue weighted by Crippen LogP contribution is -2.06. The van der Waals surface area contributed by atoms with Crippen molar-refractivity contribution in [2.24, 2.45) is 0 Å². The van der Waals surface area contributed by atoms with Crippen molar-refractivity contribution in [3.63, 3.8) is 0 Å². The lowest BCUT2D eigenvalue weighted by Gasteiger charge is -2.04. The van der Waals surface area contributed by atoms with Gasteiger partial charge in [0.2, 0.25) is 0 Å². The smallest absolute Gasteiger partial charge is 0.189 e. The van der Waals surface area contributed by atoms with Crippen LogP contribution in [-0.2, 0) is 6.42 Å². The predicted molar refractivity (Wildman–Crippen MR) is 58.6 cm³/mol. The van der Waals surface area contributed by atoms with Crippen LogP contribution in [-0.4, -0.2) is 4.98 Å². The van der Waals surface area contributed by atoms with E-state index in [1.807, 2.05) is 6.92 Å². The third-order valence-electron chi connectivity index (χ3n) is 2.47. The van der Waals surface area contributed by atoms with Crippen LogP contribution in [0.25, 0.3) is 10.9 Å². The van der Waals surface area contributed by atoms with Crippen LogP contribution in [0.3, 0.4) is 0 Å². The normalized spacial score (nSPS) is 10.9. The van der Waals surface area contributed by atoms with Gasteiger partial charge in [0.25, 0.3) is 0 Å². The lowest BCUT2D eigenvalue weighted by atomic mass is 10.1. The zero-order chi connectivity index (χ0) is 11.0. The highest BCUT2D eigenvalue weighted by atomic mass is 19.1. The summed E-state index contributed by atoms with van der Waals surface area (Å²) in [6.45, 7) is 3.69. The van der Waals surface area contributed by atoms with Crippen molar-refractivity contribution in [1.82, 2.24) is 4.98 Å². The Hall–Kier alpha value is -1.64. The molecule has 2 rings (SSSR count). The first-order chi connectivity index (χ1) is 7.11. The summed E-state index contributed by atoms with van der Waals surface area (Å²) in [6, 6.07) is 4.66. The fourth-order valence-corrected chi connectivity index (χ4v) is 1.69. The molecular weight excluding hydrogens is 193 g/mol. The number of aromatic nitrogens is 1. The molecule has 1 aromatic carbocycles. The average Bonchev–Trinajstić information content (AvgIpc) is 2.19. The van der Waals surface area contributed by atoms with Gasteiger partial charge in [0.1, 0.15) is 5.82 Å². The molecule has 15 heavy (non-hydrogen) atoms. The van der Waals surface area contributed by atoms with Gasteiger partial charge >= 0.3 is 0 Å². The summed E-state index contributed by atoms with van der Waals surface area (Å²) in [7, 11) is 0. The van der Waals surface area contributed by atoms with Crippen LogP contribution in [0.2, 0.25) is 0 Å². The Morgan fingerprint density at radius 1 is 1.33 bits per heavy atom. The Bertz CT molecular complexity index is 572. The molecule has 0 saturated heterocycles. The van der Waals surface area contributed by atoms with E-state index in [2.05, 4.69) is 4.98 Å². The first-order valence-electron chi connectivity index (χ1n) is 4.94. The van der Waals surface area contributed by atoms with Crippen LogP contribution >= 0.6 is 0 Å². The predicted octanol–water partition coefficient (Wildman–Crippen LogP) is 2.54. The van der Waals surface area contributed by atoms with Crippen molar-refractivity contribution in [2.75, 3.05) is 0 Å². The maximum Gasteiger partial charge on any atom is 0.189 e. The zero-order valence-corrected chi connectivity index (χ0v) is 8.73. The fraction of sp³-hybridized carbons (Fsp3) is 0.250. The first kappa shape index (κ1) is 9.90. The number of hydrogen-bond donors (Lipinski definition) is 1. The van der Waals surface area contributed by atoms with E-state index in [9.17, 15) is 9.18 Å². The van der Waals surface area contributed by atoms with Crippen molar-refractivity contribution in [2.45, 2.75) is 20.3 Å². The Labute approximate surface area is 86.8 Å². The monoisotopic (exact) mass is 205 g/mol. The molecule has 0 atom stereocenters. The van der Waals surface area contributed by atoms with E-state index in [4.69, 9.17) is 0 Å². The van der Waals surface area contributed by atoms with Crippen LogP contribution in [0, 0.1) is 12.7 Å². The highest BCUT2D eigenvalue weighted by molar-refractivity contribution is 5.79. The largest absolute Gasteiger partial charge is 0.356 e. The summed E-state index contributed by atoms with van der Waals surface area (Å²) >= 11 is 0. The van der Waals surface area contributed by atoms with Gasteiger partial charge in [-0.25, -0.2) is 4.39 Å². The molecule has 0 bridgehead atoms. The highest BCUT2D eigenvalue weighted by Crippen LogP contribution is 2.15. The Kier molecular flexibility index (Phi) is 2.31. The van der Waals surface area contributed by atoms with Crippen molar-refractivity contribution < 1.29 is 4.39 Å². The van der Waals surface area contributed by atoms with Gasteiger partial charge in [0, 0.05) is 17.1 Å². The van der Waals surface area contributed by atoms with E-state index in [1.54, 1.807) is 13.0 Å². The van der Waals surface area contributed by atoms with Gasteiger partial charge in [-0.3, -0.25) is 4.79 Å². The zero-order valence-electron chi connectivity index (χ0n) is 8.73. The molecule has 0 spiro atoms. The van der Waals surface area contributed by atoms with Gasteiger partial charge < -0.3 is 4.98 Å². The summed E-state index contributed by atoms with van der Waals surface area (Å²) in [6.07, 6.45) is 0.693. The van der Waals surface area contributed by atoms with Gasteiger partial charge in [-0.15, -0.1) is 0 Å². The molecule has 3 heteroatoms. The molecule has 0 radical (unpaired) electrons. The molecule has 78 valence electrons. The Morgan fingerprint density at radius 2 is 2.07 bits per heavy atom. The summed E-state index contributed by atoms with van der Waals surface area (Å²) in [5.41, 5.74) is 1.71. The first-order valence-corrected chi connectivity index (χ1v) is 4.94. The van der Waals surface area contributed by atoms with Gasteiger partial charge in [-0.05, 0) is 31.0 Å². The molecule has 1 heterocycles. The number of halogens is 1. The molecule has 0 aliphatic rings. The fourth-order valence-electron chi connectivity index (χ4n) is 1.69. The van der Waals surface area contributed by atoms with Gasteiger partial charge in [-0.2, -0.15) is 0 Å². The molecule has 0 aliphatic heterocycles. The van der Waals surface area contributed by atoms with Crippen molar-refractivity contribution in [1.29, 1.82) is 0 Å². The van der Waals surface area contributed by atoms with Crippen LogP contribution in [0.5, 0.6) is 0 Å². The van der Waals surface area contributed by atoms with Crippen molar-refractivity contribution in [3.8, 4) is 0 Å². The number of fused-ring (bicyclic) bond motifs is 1. The molecule has 0 fully saturated rings. The summed E-state index contributed by atoms with van der Waals surface area (Å²) in [4.78, 5) is 14.6. The van der Waals surface area contributed by atoms with E-state index < -0.39 is 0 Å². The topological polar surface area (TPSA) is 32.9 Å². The number of benzene rings is 1. The van der Waals surface area contributed by atoms with E-state index >= 15 is 0 Å². The lowest BCUT2D eigenvalue weighted by molar-refractivity contribution is 0.635. The minimum absolute atomic E-state index is 0.122. The van der Waals surface area contributed by atoms with Crippen LogP contribution in [0.4, 0.5) is 4.39 Å². The maximum absolute atomic E-state index is 13.6. The van der Waals surface area contributed by atoms with E-state index in [-0.39, 0.29) is 11.2 Å². The van der Waals surface area contributed by atoms with Crippen molar-refractivity contribution >= 4 is 10.9 Å². The average molecular weight is 205 g/mol. The molecule has 1 N–H and O–H groups in total. The van der Waals surface area contributed by atoms with Gasteiger partial charge in [0.15, 0.2) is 5.43 Å². The standard InChI is InChI=1S/C12H12FNO/c1-3-8-6-11(15)9-4-7(2)5-10(13)12(9)14-8/h4-6H,3H2,1-2H3,(H,14,15). The Morgan fingerprint density at radius 3 is 2.73 bits per heavy atom. The van der Waals surface area contributed by atoms with Crippen molar-refractivity contribution in [3.05, 3.63) is 45.5 Å². The maximum atomic E-state index is 13.6. The van der Waals surface area contributed by atoms with E-state index in [0.717, 1.165) is 11.3 Å². The minimum Gasteiger partial charge on any atom is -0.356 e. The number of rotatable bonds is 1. The van der Waals surface area contributed by atoms with Crippen LogP contribution in [0.1, 0.15) is 18.2 Å². The molecule has 0 aliphatic carbocycles. The molecule has 0 amide bonds. The highest BCUT2D eigenvalue weighted by Gasteiger charge is 2.06. The summed E-state index contributed by atoms with van der Waals surface area (Å²) in [5, 5.41) is 0.421. The molecule has 2 nitrogen and oxygen atoms in total. The van der Waals surface area contributed by atoms with E-state index in [1.165, 1.54) is 12.1 Å². The minimum atomic E-state index is -0.364. The van der Waals surface area contributed by atoms with Crippen LogP contribution in [0.15, 0.2) is 23.0 Å². The second-order valence-electron chi connectivity index (χ2n) is 3.68. The quantitative estimate of drug-likeness (QED) is 0.762. The number of hydrogen-bond acceptors (Lipinski definition) is 1. The second kappa shape index (κ2) is 3.50. The number of aromatic amines is 1. The molecule has 0 unspecified atom stereocenters. The Balaban J connectivity index is 2.91.